The fourth-order valence-electron chi connectivity index (χ4n) is 1.41. The highest BCUT2D eigenvalue weighted by molar-refractivity contribution is 5.93. The zero-order chi connectivity index (χ0) is 11.0. The maximum atomic E-state index is 11.9. The van der Waals surface area contributed by atoms with Gasteiger partial charge in [-0.2, -0.15) is 9.78 Å². The fraction of sp³-hybridized carbons (Fsp3) is 0.300. The third kappa shape index (κ3) is 1.68. The molecule has 0 unspecified atom stereocenters. The summed E-state index contributed by atoms with van der Waals surface area (Å²) in [4.78, 5) is 11.9. The summed E-state index contributed by atoms with van der Waals surface area (Å²) in [6, 6.07) is 3.43. The van der Waals surface area contributed by atoms with Crippen LogP contribution in [0.3, 0.4) is 0 Å². The highest BCUT2D eigenvalue weighted by atomic mass is 16.5. The molecule has 2 aromatic rings. The van der Waals surface area contributed by atoms with Crippen LogP contribution in [0.4, 0.5) is 0 Å². The molecule has 0 aromatic carbocycles. The van der Waals surface area contributed by atoms with Crippen LogP contribution in [0.5, 0.6) is 0 Å². The van der Waals surface area contributed by atoms with Crippen molar-refractivity contribution in [3.63, 3.8) is 0 Å². The molecule has 0 bridgehead atoms. The van der Waals surface area contributed by atoms with Crippen LogP contribution in [0.15, 0.2) is 16.7 Å². The molecule has 0 saturated heterocycles. The van der Waals surface area contributed by atoms with Crippen molar-refractivity contribution >= 4 is 5.91 Å². The van der Waals surface area contributed by atoms with Gasteiger partial charge in [-0.1, -0.05) is 5.16 Å². The van der Waals surface area contributed by atoms with Crippen molar-refractivity contribution in [3.05, 3.63) is 35.0 Å². The molecule has 0 atom stereocenters. The third-order valence-electron chi connectivity index (χ3n) is 2.05. The summed E-state index contributed by atoms with van der Waals surface area (Å²) >= 11 is 0. The van der Waals surface area contributed by atoms with Gasteiger partial charge in [-0.15, -0.1) is 0 Å². The maximum Gasteiger partial charge on any atom is 0.300 e. The molecule has 0 radical (unpaired) electrons. The Kier molecular flexibility index (Phi) is 2.15. The summed E-state index contributed by atoms with van der Waals surface area (Å²) in [6.07, 6.45) is 0. The van der Waals surface area contributed by atoms with Gasteiger partial charge in [0.15, 0.2) is 5.69 Å². The van der Waals surface area contributed by atoms with E-state index < -0.39 is 0 Å². The summed E-state index contributed by atoms with van der Waals surface area (Å²) in [7, 11) is 0. The Balaban J connectivity index is 2.40. The minimum absolute atomic E-state index is 0.266. The Morgan fingerprint density at radius 2 is 2.07 bits per heavy atom. The van der Waals surface area contributed by atoms with Crippen LogP contribution in [-0.2, 0) is 0 Å². The number of rotatable bonds is 1. The molecule has 2 rings (SSSR count). The minimum Gasteiger partial charge on any atom is -0.361 e. The van der Waals surface area contributed by atoms with Crippen molar-refractivity contribution in [1.82, 2.24) is 14.9 Å². The molecule has 15 heavy (non-hydrogen) atoms. The Morgan fingerprint density at radius 3 is 2.53 bits per heavy atom. The van der Waals surface area contributed by atoms with Crippen LogP contribution in [0.1, 0.15) is 27.6 Å². The summed E-state index contributed by atoms with van der Waals surface area (Å²) < 4.78 is 6.17. The molecule has 0 saturated carbocycles. The second kappa shape index (κ2) is 3.34. The highest BCUT2D eigenvalue weighted by Gasteiger charge is 2.16. The van der Waals surface area contributed by atoms with Crippen LogP contribution in [0.2, 0.25) is 0 Å². The standard InChI is InChI=1S/C10H11N3O2/c1-6-4-7(2)13(11-6)10(14)9-5-8(3)15-12-9/h4-5H,1-3H3. The molecule has 78 valence electrons. The molecule has 5 nitrogen and oxygen atoms in total. The maximum absolute atomic E-state index is 11.9. The normalized spacial score (nSPS) is 10.6. The van der Waals surface area contributed by atoms with Crippen molar-refractivity contribution in [3.8, 4) is 0 Å². The second-order valence-electron chi connectivity index (χ2n) is 3.47. The lowest BCUT2D eigenvalue weighted by molar-refractivity contribution is 0.0933. The van der Waals surface area contributed by atoms with Crippen LogP contribution in [-0.4, -0.2) is 20.8 Å². The van der Waals surface area contributed by atoms with Crippen LogP contribution >= 0.6 is 0 Å². The molecule has 0 fully saturated rings. The van der Waals surface area contributed by atoms with Crippen LogP contribution in [0.25, 0.3) is 0 Å². The molecule has 0 aliphatic heterocycles. The third-order valence-corrected chi connectivity index (χ3v) is 2.05. The first kappa shape index (κ1) is 9.64. The van der Waals surface area contributed by atoms with Crippen molar-refractivity contribution in [2.24, 2.45) is 0 Å². The van der Waals surface area contributed by atoms with Gasteiger partial charge in [0.05, 0.1) is 5.69 Å². The van der Waals surface area contributed by atoms with E-state index in [2.05, 4.69) is 10.3 Å². The molecule has 0 N–H and O–H groups in total. The number of carbonyl (C=O) groups excluding carboxylic acids is 1. The SMILES string of the molecule is Cc1cc(C)n(C(=O)c2cc(C)on2)n1. The average molecular weight is 205 g/mol. The second-order valence-corrected chi connectivity index (χ2v) is 3.47. The van der Waals surface area contributed by atoms with Gasteiger partial charge in [0.2, 0.25) is 0 Å². The minimum atomic E-state index is -0.266. The zero-order valence-electron chi connectivity index (χ0n) is 8.81. The number of hydrogen-bond acceptors (Lipinski definition) is 4. The Labute approximate surface area is 86.7 Å². The molecular weight excluding hydrogens is 194 g/mol. The van der Waals surface area contributed by atoms with E-state index >= 15 is 0 Å². The van der Waals surface area contributed by atoms with Gasteiger partial charge in [0, 0.05) is 11.8 Å². The van der Waals surface area contributed by atoms with Gasteiger partial charge in [0.1, 0.15) is 5.76 Å². The molecule has 2 heterocycles. The smallest absolute Gasteiger partial charge is 0.300 e. The molecular formula is C10H11N3O2. The van der Waals surface area contributed by atoms with E-state index in [0.717, 1.165) is 11.4 Å². The number of aryl methyl sites for hydroxylation is 3. The van der Waals surface area contributed by atoms with E-state index in [4.69, 9.17) is 4.52 Å². The summed E-state index contributed by atoms with van der Waals surface area (Å²) in [5, 5.41) is 7.74. The van der Waals surface area contributed by atoms with E-state index in [0.29, 0.717) is 5.76 Å². The molecule has 5 heteroatoms. The quantitative estimate of drug-likeness (QED) is 0.707. The summed E-state index contributed by atoms with van der Waals surface area (Å²) in [6.45, 7) is 5.40. The first-order valence-electron chi connectivity index (χ1n) is 4.59. The van der Waals surface area contributed by atoms with E-state index in [1.165, 1.54) is 4.68 Å². The Morgan fingerprint density at radius 1 is 1.33 bits per heavy atom. The van der Waals surface area contributed by atoms with Crippen molar-refractivity contribution in [2.75, 3.05) is 0 Å². The van der Waals surface area contributed by atoms with Gasteiger partial charge in [0.25, 0.3) is 0 Å². The Bertz CT molecular complexity index is 510. The predicted octanol–water partition coefficient (Wildman–Crippen LogP) is 1.48. The average Bonchev–Trinajstić information content (AvgIpc) is 2.71. The summed E-state index contributed by atoms with van der Waals surface area (Å²) in [5.74, 6) is 0.345. The largest absolute Gasteiger partial charge is 0.361 e. The lowest BCUT2D eigenvalue weighted by Crippen LogP contribution is -2.15. The van der Waals surface area contributed by atoms with Gasteiger partial charge >= 0.3 is 5.91 Å². The fourth-order valence-corrected chi connectivity index (χ4v) is 1.41. The number of hydrogen-bond donors (Lipinski definition) is 0. The number of carbonyl (C=O) groups is 1. The lowest BCUT2D eigenvalue weighted by Gasteiger charge is -1.97. The van der Waals surface area contributed by atoms with E-state index in [1.54, 1.807) is 13.0 Å². The zero-order valence-corrected chi connectivity index (χ0v) is 8.81. The molecule has 0 aliphatic rings. The van der Waals surface area contributed by atoms with Crippen LogP contribution in [0, 0.1) is 20.8 Å². The van der Waals surface area contributed by atoms with E-state index in [-0.39, 0.29) is 11.6 Å². The summed E-state index contributed by atoms with van der Waals surface area (Å²) in [5.41, 5.74) is 1.87. The van der Waals surface area contributed by atoms with Crippen molar-refractivity contribution in [1.29, 1.82) is 0 Å². The molecule has 2 aromatic heterocycles. The first-order valence-corrected chi connectivity index (χ1v) is 4.59. The Hall–Kier alpha value is -1.91. The van der Waals surface area contributed by atoms with Crippen molar-refractivity contribution < 1.29 is 9.32 Å². The van der Waals surface area contributed by atoms with Gasteiger partial charge < -0.3 is 4.52 Å². The van der Waals surface area contributed by atoms with Gasteiger partial charge in [-0.25, -0.2) is 0 Å². The molecule has 0 amide bonds. The number of aromatic nitrogens is 3. The van der Waals surface area contributed by atoms with Crippen LogP contribution < -0.4 is 0 Å². The predicted molar refractivity (Wildman–Crippen MR) is 52.7 cm³/mol. The van der Waals surface area contributed by atoms with E-state index in [1.807, 2.05) is 19.9 Å². The van der Waals surface area contributed by atoms with Gasteiger partial charge in [-0.05, 0) is 26.8 Å². The highest BCUT2D eigenvalue weighted by Crippen LogP contribution is 2.07. The first-order chi connectivity index (χ1) is 7.08. The number of nitrogens with zero attached hydrogens (tertiary/aromatic N) is 3. The van der Waals surface area contributed by atoms with Crippen molar-refractivity contribution in [2.45, 2.75) is 20.8 Å². The van der Waals surface area contributed by atoms with Gasteiger partial charge in [-0.3, -0.25) is 4.79 Å². The molecule has 0 spiro atoms. The molecule has 0 aliphatic carbocycles. The monoisotopic (exact) mass is 205 g/mol. The topological polar surface area (TPSA) is 60.9 Å². The lowest BCUT2D eigenvalue weighted by atomic mass is 10.3. The van der Waals surface area contributed by atoms with E-state index in [9.17, 15) is 4.79 Å².